The van der Waals surface area contributed by atoms with E-state index in [0.717, 1.165) is 24.9 Å². The summed E-state index contributed by atoms with van der Waals surface area (Å²) in [5.41, 5.74) is -0.804. The summed E-state index contributed by atoms with van der Waals surface area (Å²) in [7, 11) is -8.82. The minimum atomic E-state index is -2.57. The quantitative estimate of drug-likeness (QED) is 0.294. The third-order valence-corrected chi connectivity index (χ3v) is 18.6. The first kappa shape index (κ1) is 28.7. The van der Waals surface area contributed by atoms with Crippen LogP contribution in [0.1, 0.15) is 40.5 Å². The molecule has 168 valence electrons. The highest BCUT2D eigenvalue weighted by Crippen LogP contribution is 2.35. The van der Waals surface area contributed by atoms with Crippen LogP contribution in [0.2, 0.25) is 64.5 Å². The first-order valence-electron chi connectivity index (χ1n) is 10.6. The van der Waals surface area contributed by atoms with Gasteiger partial charge >= 0.3 is 17.1 Å². The Morgan fingerprint density at radius 3 is 1.07 bits per heavy atom. The lowest BCUT2D eigenvalue weighted by molar-refractivity contribution is 0.302. The van der Waals surface area contributed by atoms with E-state index in [1.165, 1.54) is 0 Å². The molecular formula is C20H44N2O3Si4. The Balaban J connectivity index is 5.83. The van der Waals surface area contributed by atoms with Crippen LogP contribution < -0.4 is 0 Å². The van der Waals surface area contributed by atoms with Crippen molar-refractivity contribution in [1.29, 1.82) is 10.5 Å². The predicted molar refractivity (Wildman–Crippen MR) is 131 cm³/mol. The number of rotatable bonds is 12. The van der Waals surface area contributed by atoms with E-state index in [0.29, 0.717) is 0 Å². The second-order valence-corrected chi connectivity index (χ2v) is 28.2. The molecule has 0 saturated carbocycles. The average molecular weight is 473 g/mol. The van der Waals surface area contributed by atoms with Crippen LogP contribution in [0.25, 0.3) is 0 Å². The van der Waals surface area contributed by atoms with Crippen molar-refractivity contribution in [3.8, 4) is 12.1 Å². The molecule has 0 aliphatic rings. The standard InChI is InChI=1S/C20H44N2O3Si4/c1-19(2,17-21)13-15-28(11,23-26(5,6)7)25-29(12,24-27(8,9)10)16-14-20(3,4)18-22/h13-16H2,1-12H3. The molecule has 2 unspecified atom stereocenters. The van der Waals surface area contributed by atoms with E-state index >= 15 is 0 Å². The van der Waals surface area contributed by atoms with E-state index in [2.05, 4.69) is 64.5 Å². The van der Waals surface area contributed by atoms with Crippen molar-refractivity contribution in [2.24, 2.45) is 10.8 Å². The van der Waals surface area contributed by atoms with Crippen LogP contribution in [0, 0.1) is 33.5 Å². The van der Waals surface area contributed by atoms with Crippen LogP contribution in [0.5, 0.6) is 0 Å². The lowest BCUT2D eigenvalue weighted by Crippen LogP contribution is -2.58. The summed E-state index contributed by atoms with van der Waals surface area (Å²) in [5, 5.41) is 18.9. The van der Waals surface area contributed by atoms with E-state index in [1.54, 1.807) is 0 Å². The van der Waals surface area contributed by atoms with E-state index in [4.69, 9.17) is 12.3 Å². The van der Waals surface area contributed by atoms with Crippen molar-refractivity contribution in [2.45, 2.75) is 105 Å². The fraction of sp³-hybridized carbons (Fsp3) is 0.900. The Bertz CT molecular complexity index is 576. The van der Waals surface area contributed by atoms with Crippen LogP contribution in [-0.2, 0) is 12.3 Å². The molecule has 0 aliphatic heterocycles. The van der Waals surface area contributed by atoms with Crippen LogP contribution in [-0.4, -0.2) is 33.8 Å². The van der Waals surface area contributed by atoms with E-state index in [-0.39, 0.29) is 0 Å². The number of nitrogens with zero attached hydrogens (tertiary/aromatic N) is 2. The van der Waals surface area contributed by atoms with Gasteiger partial charge in [-0.15, -0.1) is 0 Å². The van der Waals surface area contributed by atoms with Gasteiger partial charge in [0.1, 0.15) is 0 Å². The minimum Gasteiger partial charge on any atom is -0.437 e. The third-order valence-electron chi connectivity index (χ3n) is 4.49. The van der Waals surface area contributed by atoms with Gasteiger partial charge in [0, 0.05) is 0 Å². The molecule has 0 amide bonds. The molecule has 0 aliphatic carbocycles. The second kappa shape index (κ2) is 9.90. The SMILES string of the molecule is CC(C)(C#N)CC[Si](C)(O[Si](C)(C)C)O[Si](C)(CCC(C)(C)C#N)O[Si](C)(C)C. The van der Waals surface area contributed by atoms with Crippen molar-refractivity contribution in [3.63, 3.8) is 0 Å². The van der Waals surface area contributed by atoms with Gasteiger partial charge in [-0.2, -0.15) is 10.5 Å². The maximum atomic E-state index is 9.46. The van der Waals surface area contributed by atoms with Gasteiger partial charge in [0.15, 0.2) is 16.6 Å². The van der Waals surface area contributed by atoms with Crippen LogP contribution >= 0.6 is 0 Å². The lowest BCUT2D eigenvalue weighted by Gasteiger charge is -2.43. The summed E-state index contributed by atoms with van der Waals surface area (Å²) in [6, 6.07) is 6.36. The summed E-state index contributed by atoms with van der Waals surface area (Å²) in [4.78, 5) is 0. The van der Waals surface area contributed by atoms with Gasteiger partial charge in [0.05, 0.1) is 23.0 Å². The highest BCUT2D eigenvalue weighted by atomic mass is 28.5. The van der Waals surface area contributed by atoms with Gasteiger partial charge in [-0.1, -0.05) is 0 Å². The molecule has 0 aromatic rings. The largest absolute Gasteiger partial charge is 0.437 e. The van der Waals surface area contributed by atoms with E-state index < -0.39 is 44.6 Å². The molecule has 2 atom stereocenters. The molecule has 9 heteroatoms. The Kier molecular flexibility index (Phi) is 9.81. The van der Waals surface area contributed by atoms with Crippen LogP contribution in [0.4, 0.5) is 0 Å². The Morgan fingerprint density at radius 2 is 0.862 bits per heavy atom. The van der Waals surface area contributed by atoms with Gasteiger partial charge in [-0.25, -0.2) is 0 Å². The second-order valence-electron chi connectivity index (χ2n) is 11.8. The molecule has 0 radical (unpaired) electrons. The van der Waals surface area contributed by atoms with Gasteiger partial charge in [0.25, 0.3) is 0 Å². The summed E-state index contributed by atoms with van der Waals surface area (Å²) >= 11 is 0. The zero-order valence-electron chi connectivity index (χ0n) is 20.9. The number of nitriles is 2. The molecule has 0 saturated heterocycles. The molecule has 0 spiro atoms. The Hall–Kier alpha value is -0.272. The summed E-state index contributed by atoms with van der Waals surface area (Å²) in [5.74, 6) is 0. The molecule has 5 nitrogen and oxygen atoms in total. The highest BCUT2D eigenvalue weighted by molar-refractivity contribution is 6.89. The maximum Gasteiger partial charge on any atom is 0.315 e. The summed E-state index contributed by atoms with van der Waals surface area (Å²) < 4.78 is 20.3. The summed E-state index contributed by atoms with van der Waals surface area (Å²) in [6.45, 7) is 25.3. The van der Waals surface area contributed by atoms with Crippen LogP contribution in [0.15, 0.2) is 0 Å². The topological polar surface area (TPSA) is 75.3 Å². The third kappa shape index (κ3) is 12.9. The fourth-order valence-corrected chi connectivity index (χ4v) is 22.1. The molecule has 0 N–H and O–H groups in total. The fourth-order valence-electron chi connectivity index (χ4n) is 3.19. The van der Waals surface area contributed by atoms with Gasteiger partial charge in [-0.05, 0) is 105 Å². The zero-order valence-corrected chi connectivity index (χ0v) is 24.9. The Labute approximate surface area is 184 Å². The number of hydrogen-bond acceptors (Lipinski definition) is 5. The smallest absolute Gasteiger partial charge is 0.315 e. The summed E-state index contributed by atoms with van der Waals surface area (Å²) in [6.07, 6.45) is 1.50. The first-order valence-corrected chi connectivity index (χ1v) is 22.4. The molecule has 0 fully saturated rings. The monoisotopic (exact) mass is 472 g/mol. The highest BCUT2D eigenvalue weighted by Gasteiger charge is 2.47. The number of hydrogen-bond donors (Lipinski definition) is 0. The average Bonchev–Trinajstić information content (AvgIpc) is 2.48. The van der Waals surface area contributed by atoms with E-state index in [9.17, 15) is 10.5 Å². The van der Waals surface area contributed by atoms with Crippen molar-refractivity contribution in [3.05, 3.63) is 0 Å². The lowest BCUT2D eigenvalue weighted by atomic mass is 9.93. The maximum absolute atomic E-state index is 9.46. The van der Waals surface area contributed by atoms with Gasteiger partial charge < -0.3 is 12.3 Å². The van der Waals surface area contributed by atoms with Crippen molar-refractivity contribution in [2.75, 3.05) is 0 Å². The molecule has 0 aromatic carbocycles. The predicted octanol–water partition coefficient (Wildman–Crippen LogP) is 6.73. The van der Waals surface area contributed by atoms with Crippen molar-refractivity contribution in [1.82, 2.24) is 0 Å². The minimum absolute atomic E-state index is 0.402. The first-order chi connectivity index (χ1) is 12.7. The van der Waals surface area contributed by atoms with Crippen LogP contribution in [0.3, 0.4) is 0 Å². The molecule has 0 aromatic heterocycles. The molecular weight excluding hydrogens is 429 g/mol. The van der Waals surface area contributed by atoms with Crippen molar-refractivity contribution >= 4 is 33.8 Å². The van der Waals surface area contributed by atoms with Crippen molar-refractivity contribution < 1.29 is 12.3 Å². The normalized spacial score (nSPS) is 17.7. The van der Waals surface area contributed by atoms with Gasteiger partial charge in [-0.3, -0.25) is 0 Å². The zero-order chi connectivity index (χ0) is 23.4. The molecule has 0 bridgehead atoms. The molecule has 0 heterocycles. The van der Waals surface area contributed by atoms with E-state index in [1.807, 2.05) is 27.7 Å². The molecule has 0 rings (SSSR count). The van der Waals surface area contributed by atoms with Gasteiger partial charge in [0.2, 0.25) is 0 Å². The Morgan fingerprint density at radius 1 is 0.586 bits per heavy atom. The molecule has 29 heavy (non-hydrogen) atoms.